The van der Waals surface area contributed by atoms with Crippen LogP contribution in [-0.2, 0) is 4.79 Å². The van der Waals surface area contributed by atoms with Crippen molar-refractivity contribution in [3.05, 3.63) is 48.0 Å². The molecule has 1 amide bonds. The van der Waals surface area contributed by atoms with Gasteiger partial charge in [0, 0.05) is 6.07 Å². The van der Waals surface area contributed by atoms with Gasteiger partial charge in [-0.05, 0) is 24.3 Å². The van der Waals surface area contributed by atoms with Gasteiger partial charge in [-0.1, -0.05) is 12.1 Å². The van der Waals surface area contributed by atoms with Crippen LogP contribution in [0.3, 0.4) is 0 Å². The summed E-state index contributed by atoms with van der Waals surface area (Å²) in [5.41, 5.74) is 1.66. The van der Waals surface area contributed by atoms with E-state index < -0.39 is 0 Å². The van der Waals surface area contributed by atoms with Gasteiger partial charge in [0.25, 0.3) is 0 Å². The fraction of sp³-hybridized carbons (Fsp3) is 0.176. The Morgan fingerprint density at radius 3 is 2.61 bits per heavy atom. The predicted octanol–water partition coefficient (Wildman–Crippen LogP) is 2.63. The highest BCUT2D eigenvalue weighted by atomic mass is 16.5. The zero-order chi connectivity index (χ0) is 16.7. The molecule has 2 rings (SSSR count). The standard InChI is InChI=1S/C17H17N3O3/c1-22-13-7-8-15(16(9-13)23-2)20-17(21)11-19-14-6-4-3-5-12(14)10-18/h3-9,19H,11H2,1-2H3,(H,20,21). The first kappa shape index (κ1) is 16.2. The molecule has 0 atom stereocenters. The van der Waals surface area contributed by atoms with Crippen LogP contribution >= 0.6 is 0 Å². The second kappa shape index (κ2) is 7.71. The van der Waals surface area contributed by atoms with E-state index in [-0.39, 0.29) is 12.5 Å². The number of ether oxygens (including phenoxy) is 2. The Bertz CT molecular complexity index is 738. The van der Waals surface area contributed by atoms with Crippen LogP contribution in [0.15, 0.2) is 42.5 Å². The van der Waals surface area contributed by atoms with Crippen molar-refractivity contribution in [2.45, 2.75) is 0 Å². The molecule has 0 aliphatic rings. The predicted molar refractivity (Wildman–Crippen MR) is 87.8 cm³/mol. The van der Waals surface area contributed by atoms with E-state index in [4.69, 9.17) is 14.7 Å². The van der Waals surface area contributed by atoms with E-state index in [9.17, 15) is 4.79 Å². The number of anilines is 2. The van der Waals surface area contributed by atoms with Crippen molar-refractivity contribution < 1.29 is 14.3 Å². The molecule has 0 aliphatic heterocycles. The molecule has 0 saturated carbocycles. The summed E-state index contributed by atoms with van der Waals surface area (Å²) in [4.78, 5) is 12.1. The quantitative estimate of drug-likeness (QED) is 0.857. The van der Waals surface area contributed by atoms with Crippen LogP contribution in [-0.4, -0.2) is 26.7 Å². The Kier molecular flexibility index (Phi) is 5.42. The van der Waals surface area contributed by atoms with Gasteiger partial charge >= 0.3 is 0 Å². The third-order valence-corrected chi connectivity index (χ3v) is 3.17. The summed E-state index contributed by atoms with van der Waals surface area (Å²) in [6.45, 7) is 0.0356. The van der Waals surface area contributed by atoms with Gasteiger partial charge in [0.05, 0.1) is 37.7 Å². The van der Waals surface area contributed by atoms with Gasteiger partial charge in [0.15, 0.2) is 0 Å². The zero-order valence-corrected chi connectivity index (χ0v) is 12.9. The van der Waals surface area contributed by atoms with Crippen LogP contribution in [0.5, 0.6) is 11.5 Å². The second-order valence-corrected chi connectivity index (χ2v) is 4.63. The fourth-order valence-electron chi connectivity index (χ4n) is 2.01. The molecule has 0 aliphatic carbocycles. The van der Waals surface area contributed by atoms with E-state index >= 15 is 0 Å². The number of benzene rings is 2. The molecule has 0 radical (unpaired) electrons. The largest absolute Gasteiger partial charge is 0.497 e. The van der Waals surface area contributed by atoms with Crippen molar-refractivity contribution in [2.75, 3.05) is 31.4 Å². The Balaban J connectivity index is 2.01. The van der Waals surface area contributed by atoms with Crippen molar-refractivity contribution in [3.8, 4) is 17.6 Å². The molecule has 0 saturated heterocycles. The Labute approximate surface area is 134 Å². The molecule has 2 aromatic carbocycles. The smallest absolute Gasteiger partial charge is 0.243 e. The van der Waals surface area contributed by atoms with Gasteiger partial charge in [-0.3, -0.25) is 4.79 Å². The lowest BCUT2D eigenvalue weighted by Gasteiger charge is -2.12. The lowest BCUT2D eigenvalue weighted by Crippen LogP contribution is -2.22. The normalized spacial score (nSPS) is 9.61. The number of hydrogen-bond acceptors (Lipinski definition) is 5. The van der Waals surface area contributed by atoms with Crippen molar-refractivity contribution in [1.82, 2.24) is 0 Å². The molecular weight excluding hydrogens is 294 g/mol. The number of nitrogens with zero attached hydrogens (tertiary/aromatic N) is 1. The average molecular weight is 311 g/mol. The van der Waals surface area contributed by atoms with Gasteiger partial charge in [-0.15, -0.1) is 0 Å². The van der Waals surface area contributed by atoms with Gasteiger partial charge in [-0.25, -0.2) is 0 Å². The number of nitrogens with one attached hydrogen (secondary N) is 2. The fourth-order valence-corrected chi connectivity index (χ4v) is 2.01. The Morgan fingerprint density at radius 1 is 1.13 bits per heavy atom. The summed E-state index contributed by atoms with van der Waals surface area (Å²) in [5, 5.41) is 14.7. The van der Waals surface area contributed by atoms with Gasteiger partial charge in [0.1, 0.15) is 17.6 Å². The van der Waals surface area contributed by atoms with E-state index in [2.05, 4.69) is 16.7 Å². The summed E-state index contributed by atoms with van der Waals surface area (Å²) in [6, 6.07) is 14.2. The van der Waals surface area contributed by atoms with Crippen LogP contribution < -0.4 is 20.1 Å². The van der Waals surface area contributed by atoms with Gasteiger partial charge in [-0.2, -0.15) is 5.26 Å². The highest BCUT2D eigenvalue weighted by Crippen LogP contribution is 2.28. The summed E-state index contributed by atoms with van der Waals surface area (Å²) in [7, 11) is 3.08. The minimum Gasteiger partial charge on any atom is -0.497 e. The number of hydrogen-bond donors (Lipinski definition) is 2. The van der Waals surface area contributed by atoms with Crippen molar-refractivity contribution in [3.63, 3.8) is 0 Å². The lowest BCUT2D eigenvalue weighted by molar-refractivity contribution is -0.114. The minimum absolute atomic E-state index is 0.0356. The molecule has 23 heavy (non-hydrogen) atoms. The molecule has 0 spiro atoms. The van der Waals surface area contributed by atoms with E-state index in [1.165, 1.54) is 7.11 Å². The first-order valence-corrected chi connectivity index (χ1v) is 6.92. The number of rotatable bonds is 6. The molecule has 118 valence electrons. The lowest BCUT2D eigenvalue weighted by atomic mass is 10.2. The maximum absolute atomic E-state index is 12.1. The van der Waals surface area contributed by atoms with Crippen LogP contribution in [0.1, 0.15) is 5.56 Å². The molecule has 6 heteroatoms. The van der Waals surface area contributed by atoms with E-state index in [1.807, 2.05) is 0 Å². The topological polar surface area (TPSA) is 83.4 Å². The summed E-state index contributed by atoms with van der Waals surface area (Å²) < 4.78 is 10.3. The van der Waals surface area contributed by atoms with E-state index in [0.717, 1.165) is 0 Å². The number of amides is 1. The SMILES string of the molecule is COc1ccc(NC(=O)CNc2ccccc2C#N)c(OC)c1. The van der Waals surface area contributed by atoms with Crippen molar-refractivity contribution in [1.29, 1.82) is 5.26 Å². The van der Waals surface area contributed by atoms with E-state index in [1.54, 1.807) is 49.6 Å². The average Bonchev–Trinajstić information content (AvgIpc) is 2.60. The molecule has 2 aromatic rings. The van der Waals surface area contributed by atoms with Crippen LogP contribution in [0, 0.1) is 11.3 Å². The molecule has 0 aromatic heterocycles. The maximum atomic E-state index is 12.1. The second-order valence-electron chi connectivity index (χ2n) is 4.63. The maximum Gasteiger partial charge on any atom is 0.243 e. The number of nitriles is 1. The van der Waals surface area contributed by atoms with Crippen LogP contribution in [0.4, 0.5) is 11.4 Å². The van der Waals surface area contributed by atoms with E-state index in [0.29, 0.717) is 28.4 Å². The molecule has 0 heterocycles. The molecular formula is C17H17N3O3. The minimum atomic E-state index is -0.249. The first-order chi connectivity index (χ1) is 11.2. The summed E-state index contributed by atoms with van der Waals surface area (Å²) >= 11 is 0. The zero-order valence-electron chi connectivity index (χ0n) is 12.9. The van der Waals surface area contributed by atoms with Gasteiger partial charge in [0.2, 0.25) is 5.91 Å². The Morgan fingerprint density at radius 2 is 1.91 bits per heavy atom. The van der Waals surface area contributed by atoms with Crippen LogP contribution in [0.2, 0.25) is 0 Å². The summed E-state index contributed by atoms with van der Waals surface area (Å²) in [6.07, 6.45) is 0. The number of carbonyl (C=O) groups is 1. The molecule has 6 nitrogen and oxygen atoms in total. The van der Waals surface area contributed by atoms with Crippen molar-refractivity contribution >= 4 is 17.3 Å². The first-order valence-electron chi connectivity index (χ1n) is 6.92. The molecule has 0 fully saturated rings. The summed E-state index contributed by atoms with van der Waals surface area (Å²) in [5.74, 6) is 0.900. The number of para-hydroxylation sites is 1. The third-order valence-electron chi connectivity index (χ3n) is 3.17. The van der Waals surface area contributed by atoms with Crippen LogP contribution in [0.25, 0.3) is 0 Å². The monoisotopic (exact) mass is 311 g/mol. The van der Waals surface area contributed by atoms with Crippen molar-refractivity contribution in [2.24, 2.45) is 0 Å². The Hall–Kier alpha value is -3.20. The third kappa shape index (κ3) is 4.14. The highest BCUT2D eigenvalue weighted by molar-refractivity contribution is 5.95. The van der Waals surface area contributed by atoms with Gasteiger partial charge < -0.3 is 20.1 Å². The molecule has 0 bridgehead atoms. The number of carbonyl (C=O) groups excluding carboxylic acids is 1. The molecule has 2 N–H and O–H groups in total. The highest BCUT2D eigenvalue weighted by Gasteiger charge is 2.09. The number of methoxy groups -OCH3 is 2. The molecule has 0 unspecified atom stereocenters.